The molecule has 2 rings (SSSR count). The minimum atomic E-state index is 0.446. The summed E-state index contributed by atoms with van der Waals surface area (Å²) in [5.41, 5.74) is 0.446. The number of hydrogen-bond donors (Lipinski definition) is 1. The molecule has 3 nitrogen and oxygen atoms in total. The normalized spacial score (nSPS) is 25.2. The topological polar surface area (TPSA) is 24.5 Å². The molecule has 1 aliphatic heterocycles. The van der Waals surface area contributed by atoms with Crippen molar-refractivity contribution in [1.29, 1.82) is 0 Å². The number of nitrogens with zero attached hydrogens (tertiary/aromatic N) is 1. The molecule has 1 N–H and O–H groups in total. The third-order valence-electron chi connectivity index (χ3n) is 4.17. The zero-order valence-electron chi connectivity index (χ0n) is 11.3. The van der Waals surface area contributed by atoms with Crippen LogP contribution < -0.4 is 5.32 Å². The van der Waals surface area contributed by atoms with Gasteiger partial charge < -0.3 is 10.1 Å². The molecule has 1 aliphatic carbocycles. The maximum atomic E-state index is 5.60. The smallest absolute Gasteiger partial charge is 0.0593 e. The molecule has 0 unspecified atom stereocenters. The summed E-state index contributed by atoms with van der Waals surface area (Å²) >= 11 is 0. The van der Waals surface area contributed by atoms with Crippen molar-refractivity contribution in [1.82, 2.24) is 10.2 Å². The van der Waals surface area contributed by atoms with Crippen LogP contribution in [0.15, 0.2) is 0 Å². The van der Waals surface area contributed by atoms with Crippen LogP contribution in [0.3, 0.4) is 0 Å². The Labute approximate surface area is 106 Å². The van der Waals surface area contributed by atoms with Crippen LogP contribution in [0.5, 0.6) is 0 Å². The Hall–Kier alpha value is -0.120. The van der Waals surface area contributed by atoms with Crippen LogP contribution in [-0.2, 0) is 4.74 Å². The molecule has 3 heteroatoms. The minimum Gasteiger partial charge on any atom is -0.380 e. The highest BCUT2D eigenvalue weighted by Crippen LogP contribution is 2.30. The van der Waals surface area contributed by atoms with Gasteiger partial charge in [-0.15, -0.1) is 0 Å². The average Bonchev–Trinajstić information content (AvgIpc) is 2.36. The second-order valence-electron chi connectivity index (χ2n) is 5.66. The summed E-state index contributed by atoms with van der Waals surface area (Å²) in [6, 6.07) is 0. The van der Waals surface area contributed by atoms with Crippen LogP contribution in [0.2, 0.25) is 0 Å². The molecule has 1 spiro atoms. The highest BCUT2D eigenvalue weighted by atomic mass is 16.5. The van der Waals surface area contributed by atoms with Crippen LogP contribution in [0.1, 0.15) is 45.4 Å². The summed E-state index contributed by atoms with van der Waals surface area (Å²) in [5, 5.41) is 3.78. The fourth-order valence-corrected chi connectivity index (χ4v) is 3.24. The summed E-state index contributed by atoms with van der Waals surface area (Å²) in [6.45, 7) is 8.69. The first kappa shape index (κ1) is 13.3. The molecule has 1 saturated heterocycles. The third-order valence-corrected chi connectivity index (χ3v) is 4.17. The Balaban J connectivity index is 1.72. The lowest BCUT2D eigenvalue weighted by atomic mass is 9.80. The summed E-state index contributed by atoms with van der Waals surface area (Å²) < 4.78 is 5.60. The van der Waals surface area contributed by atoms with Crippen molar-refractivity contribution in [2.24, 2.45) is 0 Å². The fourth-order valence-electron chi connectivity index (χ4n) is 3.24. The molecule has 1 heterocycles. The van der Waals surface area contributed by atoms with Crippen molar-refractivity contribution < 1.29 is 4.74 Å². The molecule has 0 atom stereocenters. The molecule has 0 bridgehead atoms. The Morgan fingerprint density at radius 3 is 2.76 bits per heavy atom. The average molecular weight is 240 g/mol. The van der Waals surface area contributed by atoms with E-state index in [4.69, 9.17) is 4.74 Å². The zero-order chi connectivity index (χ0) is 12.0. The lowest BCUT2D eigenvalue weighted by Gasteiger charge is -2.46. The Morgan fingerprint density at radius 1 is 1.18 bits per heavy atom. The first-order chi connectivity index (χ1) is 8.35. The van der Waals surface area contributed by atoms with Gasteiger partial charge in [-0.25, -0.2) is 0 Å². The van der Waals surface area contributed by atoms with Crippen LogP contribution in [0.4, 0.5) is 0 Å². The maximum absolute atomic E-state index is 5.60. The Bertz CT molecular complexity index is 209. The van der Waals surface area contributed by atoms with Crippen molar-refractivity contribution in [3.8, 4) is 0 Å². The van der Waals surface area contributed by atoms with E-state index in [9.17, 15) is 0 Å². The molecule has 0 aromatic carbocycles. The monoisotopic (exact) mass is 240 g/mol. The number of rotatable bonds is 5. The molecular weight excluding hydrogens is 212 g/mol. The molecule has 0 amide bonds. The van der Waals surface area contributed by atoms with Crippen molar-refractivity contribution in [3.63, 3.8) is 0 Å². The molecular formula is C14H28N2O. The van der Waals surface area contributed by atoms with Gasteiger partial charge in [0.2, 0.25) is 0 Å². The van der Waals surface area contributed by atoms with E-state index >= 15 is 0 Å². The lowest BCUT2D eigenvalue weighted by molar-refractivity contribution is 0.0598. The van der Waals surface area contributed by atoms with Gasteiger partial charge in [-0.3, -0.25) is 4.90 Å². The standard InChI is InChI=1S/C14H28N2O/c1-2-11-17-12-10-16-9-8-15-14(13-16)6-4-3-5-7-14/h15H,2-13H2,1H3. The second kappa shape index (κ2) is 6.72. The van der Waals surface area contributed by atoms with Gasteiger partial charge in [-0.05, 0) is 19.3 Å². The van der Waals surface area contributed by atoms with Crippen LogP contribution in [-0.4, -0.2) is 49.8 Å². The van der Waals surface area contributed by atoms with E-state index in [-0.39, 0.29) is 0 Å². The molecule has 2 aliphatic rings. The molecule has 100 valence electrons. The third kappa shape index (κ3) is 3.94. The van der Waals surface area contributed by atoms with E-state index in [0.717, 1.165) is 32.7 Å². The Kier molecular flexibility index (Phi) is 5.26. The molecule has 0 aromatic heterocycles. The number of piperazine rings is 1. The van der Waals surface area contributed by atoms with E-state index in [1.165, 1.54) is 45.2 Å². The molecule has 1 saturated carbocycles. The summed E-state index contributed by atoms with van der Waals surface area (Å²) in [7, 11) is 0. The van der Waals surface area contributed by atoms with Crippen molar-refractivity contribution in [2.45, 2.75) is 51.0 Å². The van der Waals surface area contributed by atoms with Gasteiger partial charge in [-0.2, -0.15) is 0 Å². The van der Waals surface area contributed by atoms with Crippen molar-refractivity contribution in [3.05, 3.63) is 0 Å². The van der Waals surface area contributed by atoms with Crippen LogP contribution in [0.25, 0.3) is 0 Å². The van der Waals surface area contributed by atoms with Crippen molar-refractivity contribution >= 4 is 0 Å². The minimum absolute atomic E-state index is 0.446. The zero-order valence-corrected chi connectivity index (χ0v) is 11.3. The molecule has 17 heavy (non-hydrogen) atoms. The first-order valence-electron chi connectivity index (χ1n) is 7.40. The molecule has 2 fully saturated rings. The van der Waals surface area contributed by atoms with Gasteiger partial charge in [0.05, 0.1) is 6.61 Å². The van der Waals surface area contributed by atoms with Gasteiger partial charge >= 0.3 is 0 Å². The highest BCUT2D eigenvalue weighted by Gasteiger charge is 2.35. The summed E-state index contributed by atoms with van der Waals surface area (Å²) in [4.78, 5) is 2.59. The van der Waals surface area contributed by atoms with Gasteiger partial charge in [0.25, 0.3) is 0 Å². The predicted molar refractivity (Wildman–Crippen MR) is 71.4 cm³/mol. The lowest BCUT2D eigenvalue weighted by Crippen LogP contribution is -2.61. The molecule has 0 radical (unpaired) electrons. The molecule has 0 aromatic rings. The van der Waals surface area contributed by atoms with Crippen LogP contribution in [0, 0.1) is 0 Å². The van der Waals surface area contributed by atoms with E-state index in [1.54, 1.807) is 0 Å². The largest absolute Gasteiger partial charge is 0.380 e. The fraction of sp³-hybridized carbons (Fsp3) is 1.00. The number of ether oxygens (including phenoxy) is 1. The highest BCUT2D eigenvalue weighted by molar-refractivity contribution is 4.96. The van der Waals surface area contributed by atoms with Crippen molar-refractivity contribution in [2.75, 3.05) is 39.4 Å². The van der Waals surface area contributed by atoms with E-state index in [2.05, 4.69) is 17.1 Å². The summed E-state index contributed by atoms with van der Waals surface area (Å²) in [6.07, 6.45) is 8.13. The Morgan fingerprint density at radius 2 is 2.00 bits per heavy atom. The van der Waals surface area contributed by atoms with E-state index in [1.807, 2.05) is 0 Å². The van der Waals surface area contributed by atoms with E-state index in [0.29, 0.717) is 5.54 Å². The number of nitrogens with one attached hydrogen (secondary N) is 1. The van der Waals surface area contributed by atoms with E-state index < -0.39 is 0 Å². The van der Waals surface area contributed by atoms with Gasteiger partial charge in [0, 0.05) is 38.3 Å². The van der Waals surface area contributed by atoms with Gasteiger partial charge in [-0.1, -0.05) is 26.2 Å². The quantitative estimate of drug-likeness (QED) is 0.744. The maximum Gasteiger partial charge on any atom is 0.0593 e. The van der Waals surface area contributed by atoms with Gasteiger partial charge in [0.15, 0.2) is 0 Å². The second-order valence-corrected chi connectivity index (χ2v) is 5.66. The summed E-state index contributed by atoms with van der Waals surface area (Å²) in [5.74, 6) is 0. The SMILES string of the molecule is CCCOCCN1CCNC2(CCCCC2)C1. The first-order valence-corrected chi connectivity index (χ1v) is 7.40. The number of hydrogen-bond acceptors (Lipinski definition) is 3. The van der Waals surface area contributed by atoms with Gasteiger partial charge in [0.1, 0.15) is 0 Å². The van der Waals surface area contributed by atoms with Crippen LogP contribution >= 0.6 is 0 Å². The predicted octanol–water partition coefficient (Wildman–Crippen LogP) is 2.02.